The van der Waals surface area contributed by atoms with E-state index in [0.717, 1.165) is 23.3 Å². The SMILES string of the molecule is N#Cc1ccc(S(=O)(=O)NCCc2ccc(CO)cc2)c(F)c1. The fourth-order valence-electron chi connectivity index (χ4n) is 2.01. The number of aliphatic hydroxyl groups excluding tert-OH is 1. The topological polar surface area (TPSA) is 90.2 Å². The Morgan fingerprint density at radius 2 is 1.78 bits per heavy atom. The Kier molecular flexibility index (Phi) is 5.45. The van der Waals surface area contributed by atoms with Crippen molar-refractivity contribution in [3.05, 3.63) is 65.0 Å². The summed E-state index contributed by atoms with van der Waals surface area (Å²) in [7, 11) is -3.97. The molecule has 2 rings (SSSR count). The summed E-state index contributed by atoms with van der Waals surface area (Å²) in [6.07, 6.45) is 0.433. The average molecular weight is 334 g/mol. The van der Waals surface area contributed by atoms with E-state index < -0.39 is 20.7 Å². The third kappa shape index (κ3) is 4.36. The first-order chi connectivity index (χ1) is 11.0. The van der Waals surface area contributed by atoms with Crippen LogP contribution >= 0.6 is 0 Å². The Hall–Kier alpha value is -2.27. The zero-order valence-corrected chi connectivity index (χ0v) is 13.0. The molecule has 0 aromatic heterocycles. The summed E-state index contributed by atoms with van der Waals surface area (Å²) in [4.78, 5) is -0.480. The average Bonchev–Trinajstić information content (AvgIpc) is 2.55. The lowest BCUT2D eigenvalue weighted by molar-refractivity contribution is 0.282. The summed E-state index contributed by atoms with van der Waals surface area (Å²) >= 11 is 0. The van der Waals surface area contributed by atoms with Gasteiger partial charge in [-0.15, -0.1) is 0 Å². The lowest BCUT2D eigenvalue weighted by Crippen LogP contribution is -2.26. The number of hydrogen-bond donors (Lipinski definition) is 2. The maximum absolute atomic E-state index is 13.8. The van der Waals surface area contributed by atoms with Gasteiger partial charge in [0.15, 0.2) is 0 Å². The van der Waals surface area contributed by atoms with Crippen LogP contribution in [0.15, 0.2) is 47.4 Å². The molecule has 0 unspecified atom stereocenters. The van der Waals surface area contributed by atoms with Crippen LogP contribution in [0.25, 0.3) is 0 Å². The van der Waals surface area contributed by atoms with Gasteiger partial charge in [-0.2, -0.15) is 5.26 Å². The summed E-state index contributed by atoms with van der Waals surface area (Å²) in [5.41, 5.74) is 1.73. The van der Waals surface area contributed by atoms with Gasteiger partial charge in [0.1, 0.15) is 10.7 Å². The van der Waals surface area contributed by atoms with Crippen LogP contribution in [-0.4, -0.2) is 20.1 Å². The first-order valence-electron chi connectivity index (χ1n) is 6.84. The van der Waals surface area contributed by atoms with Gasteiger partial charge in [0, 0.05) is 6.54 Å². The van der Waals surface area contributed by atoms with E-state index in [2.05, 4.69) is 4.72 Å². The minimum atomic E-state index is -3.97. The number of sulfonamides is 1. The van der Waals surface area contributed by atoms with Crippen molar-refractivity contribution < 1.29 is 17.9 Å². The van der Waals surface area contributed by atoms with Gasteiger partial charge in [-0.05, 0) is 35.7 Å². The molecule has 2 aromatic carbocycles. The van der Waals surface area contributed by atoms with Crippen LogP contribution in [0, 0.1) is 17.1 Å². The van der Waals surface area contributed by atoms with E-state index in [4.69, 9.17) is 10.4 Å². The number of aliphatic hydroxyl groups is 1. The molecule has 0 heterocycles. The van der Waals surface area contributed by atoms with Crippen molar-refractivity contribution >= 4 is 10.0 Å². The van der Waals surface area contributed by atoms with E-state index in [9.17, 15) is 12.8 Å². The summed E-state index contributed by atoms with van der Waals surface area (Å²) in [5.74, 6) is -0.955. The second kappa shape index (κ2) is 7.33. The lowest BCUT2D eigenvalue weighted by Gasteiger charge is -2.08. The molecule has 0 fully saturated rings. The number of nitrogens with zero attached hydrogens (tertiary/aromatic N) is 1. The Bertz CT molecular complexity index is 827. The van der Waals surface area contributed by atoms with Gasteiger partial charge in [0.25, 0.3) is 0 Å². The molecule has 2 N–H and O–H groups in total. The minimum Gasteiger partial charge on any atom is -0.392 e. The highest BCUT2D eigenvalue weighted by atomic mass is 32.2. The van der Waals surface area contributed by atoms with Gasteiger partial charge in [-0.1, -0.05) is 24.3 Å². The highest BCUT2D eigenvalue weighted by Gasteiger charge is 2.18. The highest BCUT2D eigenvalue weighted by molar-refractivity contribution is 7.89. The maximum atomic E-state index is 13.8. The molecule has 0 aliphatic rings. The fourth-order valence-corrected chi connectivity index (χ4v) is 3.10. The van der Waals surface area contributed by atoms with Crippen LogP contribution in [-0.2, 0) is 23.1 Å². The molecule has 0 radical (unpaired) electrons. The highest BCUT2D eigenvalue weighted by Crippen LogP contribution is 2.15. The Balaban J connectivity index is 2.02. The third-order valence-electron chi connectivity index (χ3n) is 3.26. The predicted octanol–water partition coefficient (Wildman–Crippen LogP) is 1.71. The quantitative estimate of drug-likeness (QED) is 0.841. The van der Waals surface area contributed by atoms with E-state index in [1.165, 1.54) is 6.07 Å². The summed E-state index contributed by atoms with van der Waals surface area (Å²) in [5, 5.41) is 17.6. The molecule has 0 aliphatic carbocycles. The van der Waals surface area contributed by atoms with Crippen molar-refractivity contribution in [3.63, 3.8) is 0 Å². The van der Waals surface area contributed by atoms with Gasteiger partial charge in [-0.25, -0.2) is 17.5 Å². The Labute approximate surface area is 134 Å². The standard InChI is InChI=1S/C16H15FN2O3S/c17-15-9-14(10-18)5-6-16(15)23(21,22)19-8-7-12-1-3-13(11-20)4-2-12/h1-6,9,19-20H,7-8,11H2. The minimum absolute atomic E-state index is 0.0507. The molecular weight excluding hydrogens is 319 g/mol. The van der Waals surface area contributed by atoms with Crippen molar-refractivity contribution in [1.82, 2.24) is 4.72 Å². The fraction of sp³-hybridized carbons (Fsp3) is 0.188. The second-order valence-corrected chi connectivity index (χ2v) is 6.61. The third-order valence-corrected chi connectivity index (χ3v) is 4.76. The zero-order valence-electron chi connectivity index (χ0n) is 12.2. The molecule has 5 nitrogen and oxygen atoms in total. The van der Waals surface area contributed by atoms with Crippen LogP contribution < -0.4 is 4.72 Å². The molecule has 0 saturated carbocycles. The molecule has 0 amide bonds. The van der Waals surface area contributed by atoms with Crippen molar-refractivity contribution in [1.29, 1.82) is 5.26 Å². The maximum Gasteiger partial charge on any atom is 0.243 e. The predicted molar refractivity (Wildman–Crippen MR) is 82.4 cm³/mol. The van der Waals surface area contributed by atoms with Crippen LogP contribution in [0.2, 0.25) is 0 Å². The molecule has 0 aliphatic heterocycles. The molecule has 23 heavy (non-hydrogen) atoms. The lowest BCUT2D eigenvalue weighted by atomic mass is 10.1. The molecule has 0 atom stereocenters. The van der Waals surface area contributed by atoms with Crippen molar-refractivity contribution in [2.75, 3.05) is 6.54 Å². The smallest absolute Gasteiger partial charge is 0.243 e. The zero-order chi connectivity index (χ0) is 16.9. The Morgan fingerprint density at radius 3 is 2.35 bits per heavy atom. The van der Waals surface area contributed by atoms with Gasteiger partial charge >= 0.3 is 0 Å². The molecule has 120 valence electrons. The first kappa shape index (κ1) is 17.1. The molecule has 2 aromatic rings. The molecule has 7 heteroatoms. The number of nitrogens with one attached hydrogen (secondary N) is 1. The number of hydrogen-bond acceptors (Lipinski definition) is 4. The van der Waals surface area contributed by atoms with Crippen LogP contribution in [0.1, 0.15) is 16.7 Å². The number of nitriles is 1. The number of benzene rings is 2. The van der Waals surface area contributed by atoms with Gasteiger partial charge in [0.2, 0.25) is 10.0 Å². The normalized spacial score (nSPS) is 11.2. The number of halogens is 1. The summed E-state index contributed by atoms with van der Waals surface area (Å²) in [6, 6.07) is 12.1. The van der Waals surface area contributed by atoms with E-state index in [1.807, 2.05) is 0 Å². The largest absolute Gasteiger partial charge is 0.392 e. The van der Waals surface area contributed by atoms with Gasteiger partial charge in [0.05, 0.1) is 18.2 Å². The van der Waals surface area contributed by atoms with Crippen molar-refractivity contribution in [3.8, 4) is 6.07 Å². The Morgan fingerprint density at radius 1 is 1.13 bits per heavy atom. The summed E-state index contributed by atoms with van der Waals surface area (Å²) < 4.78 is 40.3. The molecular formula is C16H15FN2O3S. The van der Waals surface area contributed by atoms with E-state index >= 15 is 0 Å². The molecule has 0 spiro atoms. The van der Waals surface area contributed by atoms with E-state index in [-0.39, 0.29) is 18.7 Å². The first-order valence-corrected chi connectivity index (χ1v) is 8.32. The van der Waals surface area contributed by atoms with Gasteiger partial charge < -0.3 is 5.11 Å². The van der Waals surface area contributed by atoms with Crippen LogP contribution in [0.5, 0.6) is 0 Å². The molecule has 0 saturated heterocycles. The number of rotatable bonds is 6. The van der Waals surface area contributed by atoms with Crippen molar-refractivity contribution in [2.45, 2.75) is 17.9 Å². The van der Waals surface area contributed by atoms with E-state index in [0.29, 0.717) is 6.42 Å². The van der Waals surface area contributed by atoms with Crippen LogP contribution in [0.4, 0.5) is 4.39 Å². The van der Waals surface area contributed by atoms with Gasteiger partial charge in [-0.3, -0.25) is 0 Å². The van der Waals surface area contributed by atoms with Crippen molar-refractivity contribution in [2.24, 2.45) is 0 Å². The monoisotopic (exact) mass is 334 g/mol. The second-order valence-electron chi connectivity index (χ2n) is 4.88. The molecule has 0 bridgehead atoms. The van der Waals surface area contributed by atoms with Crippen LogP contribution in [0.3, 0.4) is 0 Å². The van der Waals surface area contributed by atoms with E-state index in [1.54, 1.807) is 30.3 Å². The summed E-state index contributed by atoms with van der Waals surface area (Å²) in [6.45, 7) is 0.0606.